The molecule has 20 heavy (non-hydrogen) atoms. The number of aliphatic hydroxyl groups excluding tert-OH is 1. The van der Waals surface area contributed by atoms with E-state index in [1.165, 1.54) is 12.5 Å². The lowest BCUT2D eigenvalue weighted by Gasteiger charge is -2.10. The lowest BCUT2D eigenvalue weighted by Crippen LogP contribution is -2.30. The number of benzene rings is 1. The fourth-order valence-electron chi connectivity index (χ4n) is 1.85. The minimum atomic E-state index is -0.631. The summed E-state index contributed by atoms with van der Waals surface area (Å²) in [7, 11) is 0. The van der Waals surface area contributed by atoms with Gasteiger partial charge < -0.3 is 20.2 Å². The average molecular weight is 274 g/mol. The van der Waals surface area contributed by atoms with Crippen LogP contribution in [0.3, 0.4) is 0 Å². The molecule has 5 nitrogen and oxygen atoms in total. The molecule has 0 spiro atoms. The van der Waals surface area contributed by atoms with E-state index < -0.39 is 6.10 Å². The first kappa shape index (κ1) is 14.1. The molecule has 1 unspecified atom stereocenters. The summed E-state index contributed by atoms with van der Waals surface area (Å²) in [6.45, 7) is 2.34. The maximum Gasteiger partial charge on any atom is 0.319 e. The number of furan rings is 1. The van der Waals surface area contributed by atoms with E-state index in [2.05, 4.69) is 10.6 Å². The zero-order valence-corrected chi connectivity index (χ0v) is 11.3. The van der Waals surface area contributed by atoms with Crippen molar-refractivity contribution in [2.75, 3.05) is 11.9 Å². The summed E-state index contributed by atoms with van der Waals surface area (Å²) in [6, 6.07) is 8.98. The van der Waals surface area contributed by atoms with Crippen molar-refractivity contribution < 1.29 is 14.3 Å². The minimum absolute atomic E-state index is 0.282. The highest BCUT2D eigenvalue weighted by Crippen LogP contribution is 2.15. The predicted octanol–water partition coefficient (Wildman–Crippen LogP) is 2.83. The maximum absolute atomic E-state index is 11.7. The summed E-state index contributed by atoms with van der Waals surface area (Å²) >= 11 is 0. The highest BCUT2D eigenvalue weighted by Gasteiger charge is 2.09. The van der Waals surface area contributed by atoms with Gasteiger partial charge in [-0.15, -0.1) is 0 Å². The number of hydrogen-bond donors (Lipinski definition) is 3. The summed E-state index contributed by atoms with van der Waals surface area (Å²) < 4.78 is 4.89. The van der Waals surface area contributed by atoms with Crippen LogP contribution in [-0.2, 0) is 0 Å². The molecule has 2 aromatic rings. The number of aryl methyl sites for hydroxylation is 1. The van der Waals surface area contributed by atoms with E-state index in [4.69, 9.17) is 4.42 Å². The molecule has 106 valence electrons. The quantitative estimate of drug-likeness (QED) is 0.784. The van der Waals surface area contributed by atoms with Crippen molar-refractivity contribution in [1.82, 2.24) is 5.32 Å². The van der Waals surface area contributed by atoms with Gasteiger partial charge in [0.2, 0.25) is 0 Å². The third-order valence-corrected chi connectivity index (χ3v) is 2.91. The van der Waals surface area contributed by atoms with E-state index in [-0.39, 0.29) is 6.03 Å². The van der Waals surface area contributed by atoms with Gasteiger partial charge in [-0.25, -0.2) is 4.79 Å². The summed E-state index contributed by atoms with van der Waals surface area (Å²) in [6.07, 6.45) is 2.81. The van der Waals surface area contributed by atoms with E-state index in [1.807, 2.05) is 31.2 Å². The minimum Gasteiger partial charge on any atom is -0.472 e. The molecule has 1 heterocycles. The first-order valence-corrected chi connectivity index (χ1v) is 6.47. The molecule has 0 aliphatic heterocycles. The van der Waals surface area contributed by atoms with E-state index >= 15 is 0 Å². The Hall–Kier alpha value is -2.27. The Kier molecular flexibility index (Phi) is 4.79. The first-order chi connectivity index (χ1) is 9.65. The molecule has 0 fully saturated rings. The Labute approximate surface area is 117 Å². The Bertz CT molecular complexity index is 552. The zero-order valence-electron chi connectivity index (χ0n) is 11.3. The van der Waals surface area contributed by atoms with Crippen molar-refractivity contribution in [2.45, 2.75) is 19.4 Å². The number of amides is 2. The number of urea groups is 1. The van der Waals surface area contributed by atoms with Gasteiger partial charge in [0.05, 0.1) is 18.6 Å². The monoisotopic (exact) mass is 274 g/mol. The van der Waals surface area contributed by atoms with Gasteiger partial charge in [0, 0.05) is 17.8 Å². The molecule has 2 rings (SSSR count). The van der Waals surface area contributed by atoms with Gasteiger partial charge in [-0.3, -0.25) is 0 Å². The second-order valence-electron chi connectivity index (χ2n) is 4.61. The van der Waals surface area contributed by atoms with E-state index in [1.54, 1.807) is 6.07 Å². The number of anilines is 1. The molecule has 0 saturated heterocycles. The Morgan fingerprint density at radius 1 is 1.40 bits per heavy atom. The van der Waals surface area contributed by atoms with Crippen LogP contribution in [0.25, 0.3) is 0 Å². The van der Waals surface area contributed by atoms with Crippen molar-refractivity contribution in [1.29, 1.82) is 0 Å². The van der Waals surface area contributed by atoms with E-state index in [0.717, 1.165) is 11.3 Å². The van der Waals surface area contributed by atoms with Crippen LogP contribution in [0.5, 0.6) is 0 Å². The highest BCUT2D eigenvalue weighted by atomic mass is 16.3. The molecule has 0 aliphatic rings. The second kappa shape index (κ2) is 6.77. The molecule has 1 atom stereocenters. The van der Waals surface area contributed by atoms with Crippen LogP contribution >= 0.6 is 0 Å². The molecule has 1 aromatic carbocycles. The Morgan fingerprint density at radius 3 is 2.95 bits per heavy atom. The Balaban J connectivity index is 1.73. The number of hydrogen-bond acceptors (Lipinski definition) is 3. The van der Waals surface area contributed by atoms with Gasteiger partial charge in [0.25, 0.3) is 0 Å². The molecule has 5 heteroatoms. The molecule has 0 saturated carbocycles. The summed E-state index contributed by atoms with van der Waals surface area (Å²) in [4.78, 5) is 11.7. The van der Waals surface area contributed by atoms with E-state index in [0.29, 0.717) is 18.5 Å². The van der Waals surface area contributed by atoms with Gasteiger partial charge in [-0.05, 0) is 37.1 Å². The zero-order chi connectivity index (χ0) is 14.4. The Morgan fingerprint density at radius 2 is 2.25 bits per heavy atom. The fraction of sp³-hybridized carbons (Fsp3) is 0.267. The molecular weight excluding hydrogens is 256 g/mol. The number of aliphatic hydroxyl groups is 1. The molecule has 0 aliphatic carbocycles. The van der Waals surface area contributed by atoms with Crippen LogP contribution in [-0.4, -0.2) is 17.7 Å². The number of carbonyl (C=O) groups excluding carboxylic acids is 1. The van der Waals surface area contributed by atoms with Crippen molar-refractivity contribution in [3.8, 4) is 0 Å². The predicted molar refractivity (Wildman–Crippen MR) is 76.5 cm³/mol. The molecule has 3 N–H and O–H groups in total. The maximum atomic E-state index is 11.7. The number of rotatable bonds is 5. The molecular formula is C15H18N2O3. The molecule has 0 bridgehead atoms. The van der Waals surface area contributed by atoms with Crippen LogP contribution in [0.1, 0.15) is 23.7 Å². The van der Waals surface area contributed by atoms with Crippen LogP contribution in [0, 0.1) is 6.92 Å². The van der Waals surface area contributed by atoms with Crippen LogP contribution in [0.15, 0.2) is 47.3 Å². The molecule has 0 radical (unpaired) electrons. The van der Waals surface area contributed by atoms with Crippen LogP contribution in [0.4, 0.5) is 10.5 Å². The van der Waals surface area contributed by atoms with Gasteiger partial charge in [-0.1, -0.05) is 12.1 Å². The van der Waals surface area contributed by atoms with Gasteiger partial charge >= 0.3 is 6.03 Å². The fourth-order valence-corrected chi connectivity index (χ4v) is 1.85. The van der Waals surface area contributed by atoms with Crippen LogP contribution < -0.4 is 10.6 Å². The van der Waals surface area contributed by atoms with Crippen molar-refractivity contribution >= 4 is 11.7 Å². The third-order valence-electron chi connectivity index (χ3n) is 2.91. The summed E-state index contributed by atoms with van der Waals surface area (Å²) in [5, 5.41) is 15.3. The highest BCUT2D eigenvalue weighted by molar-refractivity contribution is 5.89. The largest absolute Gasteiger partial charge is 0.472 e. The lowest BCUT2D eigenvalue weighted by atomic mass is 10.1. The topological polar surface area (TPSA) is 74.5 Å². The van der Waals surface area contributed by atoms with Crippen molar-refractivity contribution in [2.24, 2.45) is 0 Å². The lowest BCUT2D eigenvalue weighted by molar-refractivity contribution is 0.166. The van der Waals surface area contributed by atoms with Crippen molar-refractivity contribution in [3.63, 3.8) is 0 Å². The van der Waals surface area contributed by atoms with Crippen LogP contribution in [0.2, 0.25) is 0 Å². The smallest absolute Gasteiger partial charge is 0.319 e. The number of nitrogens with one attached hydrogen (secondary N) is 2. The van der Waals surface area contributed by atoms with Gasteiger partial charge in [0.1, 0.15) is 0 Å². The summed E-state index contributed by atoms with van der Waals surface area (Å²) in [5.41, 5.74) is 2.54. The summed E-state index contributed by atoms with van der Waals surface area (Å²) in [5.74, 6) is 0. The van der Waals surface area contributed by atoms with Gasteiger partial charge in [0.15, 0.2) is 0 Å². The van der Waals surface area contributed by atoms with Crippen molar-refractivity contribution in [3.05, 3.63) is 54.0 Å². The average Bonchev–Trinajstić information content (AvgIpc) is 2.92. The first-order valence-electron chi connectivity index (χ1n) is 6.47. The number of carbonyl (C=O) groups is 1. The standard InChI is InChI=1S/C15H18N2O3/c1-11-3-2-4-13(9-11)17-15(19)16-7-5-14(18)12-6-8-20-10-12/h2-4,6,8-10,14,18H,5,7H2,1H3,(H2,16,17,19). The third kappa shape index (κ3) is 4.13. The molecule has 2 amide bonds. The second-order valence-corrected chi connectivity index (χ2v) is 4.61. The van der Waals surface area contributed by atoms with Gasteiger partial charge in [-0.2, -0.15) is 0 Å². The van der Waals surface area contributed by atoms with E-state index in [9.17, 15) is 9.90 Å². The molecule has 1 aromatic heterocycles. The normalized spacial score (nSPS) is 11.9. The SMILES string of the molecule is Cc1cccc(NC(=O)NCCC(O)c2ccoc2)c1.